The predicted molar refractivity (Wildman–Crippen MR) is 126 cm³/mol. The Balaban J connectivity index is 1.55. The smallest absolute Gasteiger partial charge is 0.310 e. The van der Waals surface area contributed by atoms with Crippen LogP contribution in [-0.2, 0) is 14.3 Å². The van der Waals surface area contributed by atoms with E-state index in [2.05, 4.69) is 5.10 Å². The Morgan fingerprint density at radius 3 is 2.62 bits per heavy atom. The molecule has 2 aliphatic heterocycles. The first-order valence-electron chi connectivity index (χ1n) is 11.7. The van der Waals surface area contributed by atoms with Crippen LogP contribution in [0.25, 0.3) is 0 Å². The molecule has 2 aromatic rings. The first kappa shape index (κ1) is 23.9. The lowest BCUT2D eigenvalue weighted by Gasteiger charge is -2.32. The minimum absolute atomic E-state index is 0.136. The second kappa shape index (κ2) is 10.8. The SMILES string of the molecule is CCOC(=O)C1CCCN(CC(=O)N2N=C(c3ccccc3F)CC2c2ccc(OC)cc2)C1. The third-order valence-corrected chi connectivity index (χ3v) is 6.34. The third-order valence-electron chi connectivity index (χ3n) is 6.34. The fourth-order valence-electron chi connectivity index (χ4n) is 4.60. The summed E-state index contributed by atoms with van der Waals surface area (Å²) in [5, 5.41) is 6.05. The number of piperidine rings is 1. The zero-order valence-electron chi connectivity index (χ0n) is 19.6. The van der Waals surface area contributed by atoms with E-state index in [4.69, 9.17) is 9.47 Å². The highest BCUT2D eigenvalue weighted by atomic mass is 19.1. The number of amides is 1. The van der Waals surface area contributed by atoms with Gasteiger partial charge in [0.15, 0.2) is 0 Å². The molecule has 1 saturated heterocycles. The van der Waals surface area contributed by atoms with E-state index in [1.807, 2.05) is 29.2 Å². The standard InChI is InChI=1S/C26H30FN3O4/c1-3-34-26(32)19-7-6-14-29(16-19)17-25(31)30-24(18-10-12-20(33-2)13-11-18)15-23(28-30)21-8-4-5-9-22(21)27/h4-5,8-13,19,24H,3,6-7,14-17H2,1-2H3. The van der Waals surface area contributed by atoms with Crippen LogP contribution in [0.5, 0.6) is 5.75 Å². The Labute approximate surface area is 199 Å². The molecule has 180 valence electrons. The largest absolute Gasteiger partial charge is 0.497 e. The molecule has 1 fully saturated rings. The number of nitrogens with zero attached hydrogens (tertiary/aromatic N) is 3. The van der Waals surface area contributed by atoms with Gasteiger partial charge in [0.1, 0.15) is 11.6 Å². The Morgan fingerprint density at radius 2 is 1.91 bits per heavy atom. The van der Waals surface area contributed by atoms with Crippen LogP contribution < -0.4 is 4.74 Å². The minimum Gasteiger partial charge on any atom is -0.497 e. The van der Waals surface area contributed by atoms with E-state index in [1.54, 1.807) is 32.2 Å². The van der Waals surface area contributed by atoms with Crippen LogP contribution >= 0.6 is 0 Å². The molecule has 7 nitrogen and oxygen atoms in total. The fraction of sp³-hybridized carbons (Fsp3) is 0.423. The molecule has 0 aliphatic carbocycles. The molecule has 8 heteroatoms. The van der Waals surface area contributed by atoms with Gasteiger partial charge in [-0.05, 0) is 50.1 Å². The third kappa shape index (κ3) is 5.28. The van der Waals surface area contributed by atoms with Crippen molar-refractivity contribution in [1.82, 2.24) is 9.91 Å². The number of halogens is 1. The van der Waals surface area contributed by atoms with Crippen molar-refractivity contribution in [1.29, 1.82) is 0 Å². The number of methoxy groups -OCH3 is 1. The number of rotatable bonds is 7. The summed E-state index contributed by atoms with van der Waals surface area (Å²) in [5.74, 6) is -0.270. The molecule has 0 aromatic heterocycles. The number of hydrogen-bond acceptors (Lipinski definition) is 6. The summed E-state index contributed by atoms with van der Waals surface area (Å²) in [6, 6.07) is 13.6. The molecule has 2 unspecified atom stereocenters. The van der Waals surface area contributed by atoms with E-state index in [0.717, 1.165) is 24.9 Å². The van der Waals surface area contributed by atoms with E-state index in [9.17, 15) is 14.0 Å². The Bertz CT molecular complexity index is 1060. The van der Waals surface area contributed by atoms with Crippen molar-refractivity contribution in [2.75, 3.05) is 33.4 Å². The number of ether oxygens (including phenoxy) is 2. The molecular formula is C26H30FN3O4. The first-order chi connectivity index (χ1) is 16.5. The van der Waals surface area contributed by atoms with Gasteiger partial charge in [-0.2, -0.15) is 5.10 Å². The summed E-state index contributed by atoms with van der Waals surface area (Å²) in [4.78, 5) is 27.6. The summed E-state index contributed by atoms with van der Waals surface area (Å²) in [6.45, 7) is 3.48. The first-order valence-corrected chi connectivity index (χ1v) is 11.7. The van der Waals surface area contributed by atoms with Crippen molar-refractivity contribution in [2.24, 2.45) is 11.0 Å². The molecule has 2 atom stereocenters. The number of hydrazone groups is 1. The van der Waals surface area contributed by atoms with Gasteiger partial charge in [-0.3, -0.25) is 14.5 Å². The quantitative estimate of drug-likeness (QED) is 0.580. The Hall–Kier alpha value is -3.26. The molecule has 4 rings (SSSR count). The van der Waals surface area contributed by atoms with Crippen LogP contribution in [0.2, 0.25) is 0 Å². The number of carbonyl (C=O) groups is 2. The highest BCUT2D eigenvalue weighted by molar-refractivity contribution is 6.03. The van der Waals surface area contributed by atoms with Gasteiger partial charge < -0.3 is 9.47 Å². The van der Waals surface area contributed by atoms with E-state index in [-0.39, 0.29) is 36.2 Å². The second-order valence-electron chi connectivity index (χ2n) is 8.58. The lowest BCUT2D eigenvalue weighted by molar-refractivity contribution is -0.150. The van der Waals surface area contributed by atoms with Crippen LogP contribution in [0.3, 0.4) is 0 Å². The Kier molecular flexibility index (Phi) is 7.57. The lowest BCUT2D eigenvalue weighted by Crippen LogP contribution is -2.44. The average molecular weight is 468 g/mol. The number of benzene rings is 2. The normalized spacial score (nSPS) is 20.7. The monoisotopic (exact) mass is 467 g/mol. The molecule has 0 spiro atoms. The molecule has 2 heterocycles. The van der Waals surface area contributed by atoms with E-state index in [1.165, 1.54) is 11.1 Å². The highest BCUT2D eigenvalue weighted by Crippen LogP contribution is 2.34. The van der Waals surface area contributed by atoms with Crippen LogP contribution in [-0.4, -0.2) is 60.8 Å². The van der Waals surface area contributed by atoms with Crippen LogP contribution in [0.15, 0.2) is 53.6 Å². The zero-order chi connectivity index (χ0) is 24.1. The molecule has 0 radical (unpaired) electrons. The van der Waals surface area contributed by atoms with Gasteiger partial charge in [0.05, 0.1) is 37.9 Å². The molecule has 0 bridgehead atoms. The number of hydrogen-bond donors (Lipinski definition) is 0. The highest BCUT2D eigenvalue weighted by Gasteiger charge is 2.36. The molecule has 2 aliphatic rings. The topological polar surface area (TPSA) is 71.4 Å². The molecule has 34 heavy (non-hydrogen) atoms. The van der Waals surface area contributed by atoms with Crippen molar-refractivity contribution < 1.29 is 23.5 Å². The summed E-state index contributed by atoms with van der Waals surface area (Å²) in [7, 11) is 1.60. The maximum absolute atomic E-state index is 14.5. The van der Waals surface area contributed by atoms with Gasteiger partial charge in [0.25, 0.3) is 5.91 Å². The summed E-state index contributed by atoms with van der Waals surface area (Å²) < 4.78 is 24.9. The van der Waals surface area contributed by atoms with Gasteiger partial charge in [-0.15, -0.1) is 0 Å². The van der Waals surface area contributed by atoms with Crippen LogP contribution in [0, 0.1) is 11.7 Å². The second-order valence-corrected chi connectivity index (χ2v) is 8.58. The van der Waals surface area contributed by atoms with Crippen molar-refractivity contribution in [3.63, 3.8) is 0 Å². The van der Waals surface area contributed by atoms with Gasteiger partial charge in [-0.25, -0.2) is 9.40 Å². The van der Waals surface area contributed by atoms with E-state index in [0.29, 0.717) is 36.6 Å². The molecule has 0 saturated carbocycles. The van der Waals surface area contributed by atoms with Crippen LogP contribution in [0.1, 0.15) is 43.4 Å². The minimum atomic E-state index is -0.364. The van der Waals surface area contributed by atoms with E-state index >= 15 is 0 Å². The van der Waals surface area contributed by atoms with Crippen molar-refractivity contribution in [2.45, 2.75) is 32.2 Å². The zero-order valence-corrected chi connectivity index (χ0v) is 19.6. The summed E-state index contributed by atoms with van der Waals surface area (Å²) in [5.41, 5.74) is 1.83. The van der Waals surface area contributed by atoms with Gasteiger partial charge >= 0.3 is 5.97 Å². The lowest BCUT2D eigenvalue weighted by atomic mass is 9.97. The summed E-state index contributed by atoms with van der Waals surface area (Å²) in [6.07, 6.45) is 1.99. The fourth-order valence-corrected chi connectivity index (χ4v) is 4.60. The maximum atomic E-state index is 14.5. The summed E-state index contributed by atoms with van der Waals surface area (Å²) >= 11 is 0. The van der Waals surface area contributed by atoms with Gasteiger partial charge in [-0.1, -0.05) is 30.3 Å². The number of carbonyl (C=O) groups excluding carboxylic acids is 2. The van der Waals surface area contributed by atoms with Crippen molar-refractivity contribution in [3.05, 3.63) is 65.5 Å². The molecule has 1 amide bonds. The van der Waals surface area contributed by atoms with Gasteiger partial charge in [0, 0.05) is 18.5 Å². The van der Waals surface area contributed by atoms with Crippen LogP contribution in [0.4, 0.5) is 4.39 Å². The predicted octanol–water partition coefficient (Wildman–Crippen LogP) is 3.79. The Morgan fingerprint density at radius 1 is 1.15 bits per heavy atom. The van der Waals surface area contributed by atoms with Crippen molar-refractivity contribution in [3.8, 4) is 5.75 Å². The molecule has 0 N–H and O–H groups in total. The molecular weight excluding hydrogens is 437 g/mol. The maximum Gasteiger partial charge on any atom is 0.310 e. The van der Waals surface area contributed by atoms with Gasteiger partial charge in [0.2, 0.25) is 0 Å². The van der Waals surface area contributed by atoms with Crippen molar-refractivity contribution >= 4 is 17.6 Å². The number of likely N-dealkylation sites (tertiary alicyclic amines) is 1. The molecule has 2 aromatic carbocycles. The average Bonchev–Trinajstić information content (AvgIpc) is 3.30. The number of esters is 1. The van der Waals surface area contributed by atoms with E-state index < -0.39 is 0 Å².